The summed E-state index contributed by atoms with van der Waals surface area (Å²) < 4.78 is 27.8. The van der Waals surface area contributed by atoms with Crippen molar-refractivity contribution in [3.8, 4) is 0 Å². The molecule has 0 atom stereocenters. The van der Waals surface area contributed by atoms with Gasteiger partial charge in [0.25, 0.3) is 5.69 Å². The molecule has 1 heterocycles. The topological polar surface area (TPSA) is 92.6 Å². The monoisotopic (exact) mass is 285 g/mol. The van der Waals surface area contributed by atoms with Crippen LogP contribution < -0.4 is 9.03 Å². The molecule has 8 heteroatoms. The average Bonchev–Trinajstić information content (AvgIpc) is 2.37. The van der Waals surface area contributed by atoms with E-state index in [1.54, 1.807) is 13.0 Å². The first-order valence-corrected chi connectivity index (χ1v) is 7.44. The van der Waals surface area contributed by atoms with Crippen LogP contribution in [0.4, 0.5) is 11.4 Å². The van der Waals surface area contributed by atoms with E-state index in [4.69, 9.17) is 0 Å². The van der Waals surface area contributed by atoms with Crippen LogP contribution in [0.1, 0.15) is 18.9 Å². The number of non-ortho nitro benzene ring substituents is 1. The zero-order valence-electron chi connectivity index (χ0n) is 10.5. The van der Waals surface area contributed by atoms with Crippen molar-refractivity contribution in [1.82, 2.24) is 4.72 Å². The molecule has 0 unspecified atom stereocenters. The molecule has 0 aromatic heterocycles. The molecule has 7 nitrogen and oxygen atoms in total. The molecule has 0 amide bonds. The van der Waals surface area contributed by atoms with Gasteiger partial charge in [-0.05, 0) is 18.4 Å². The van der Waals surface area contributed by atoms with Gasteiger partial charge in [-0.2, -0.15) is 13.1 Å². The van der Waals surface area contributed by atoms with E-state index in [9.17, 15) is 18.5 Å². The van der Waals surface area contributed by atoms with Crippen LogP contribution in [0.2, 0.25) is 0 Å². The van der Waals surface area contributed by atoms with Crippen LogP contribution in [-0.2, 0) is 16.6 Å². The molecule has 19 heavy (non-hydrogen) atoms. The molecule has 1 N–H and O–H groups in total. The van der Waals surface area contributed by atoms with Crippen LogP contribution in [0.25, 0.3) is 0 Å². The molecule has 1 aromatic carbocycles. The standard InChI is InChI=1S/C11H15N3O4S/c1-2-12-19(17,18)13-7-3-4-9-5-6-10(14(15)16)8-11(9)13/h5-6,8,12H,2-4,7H2,1H3. The predicted molar refractivity (Wildman–Crippen MR) is 71.4 cm³/mol. The van der Waals surface area contributed by atoms with Gasteiger partial charge in [0, 0.05) is 25.2 Å². The van der Waals surface area contributed by atoms with Gasteiger partial charge in [-0.15, -0.1) is 0 Å². The van der Waals surface area contributed by atoms with Crippen molar-refractivity contribution in [3.05, 3.63) is 33.9 Å². The van der Waals surface area contributed by atoms with Crippen molar-refractivity contribution in [2.45, 2.75) is 19.8 Å². The van der Waals surface area contributed by atoms with Crippen LogP contribution >= 0.6 is 0 Å². The van der Waals surface area contributed by atoms with Crippen LogP contribution in [0.3, 0.4) is 0 Å². The first-order chi connectivity index (χ1) is 8.95. The summed E-state index contributed by atoms with van der Waals surface area (Å²) in [5.74, 6) is 0. The summed E-state index contributed by atoms with van der Waals surface area (Å²) in [5, 5.41) is 10.8. The quantitative estimate of drug-likeness (QED) is 0.664. The van der Waals surface area contributed by atoms with Crippen LogP contribution in [-0.4, -0.2) is 26.4 Å². The van der Waals surface area contributed by atoms with Gasteiger partial charge in [0.15, 0.2) is 0 Å². The molecule has 2 rings (SSSR count). The normalized spacial score (nSPS) is 15.1. The van der Waals surface area contributed by atoms with E-state index in [0.29, 0.717) is 18.7 Å². The lowest BCUT2D eigenvalue weighted by Gasteiger charge is -2.30. The molecular formula is C11H15N3O4S. The Morgan fingerprint density at radius 3 is 2.84 bits per heavy atom. The van der Waals surface area contributed by atoms with Crippen LogP contribution in [0, 0.1) is 10.1 Å². The maximum absolute atomic E-state index is 12.1. The summed E-state index contributed by atoms with van der Waals surface area (Å²) in [4.78, 5) is 10.3. The van der Waals surface area contributed by atoms with E-state index in [1.807, 2.05) is 0 Å². The Kier molecular flexibility index (Phi) is 3.72. The number of nitro benzene ring substituents is 1. The Balaban J connectivity index is 2.48. The van der Waals surface area contributed by atoms with Gasteiger partial charge in [-0.25, -0.2) is 0 Å². The average molecular weight is 285 g/mol. The molecule has 1 aromatic rings. The lowest BCUT2D eigenvalue weighted by atomic mass is 10.0. The third-order valence-electron chi connectivity index (χ3n) is 2.97. The highest BCUT2D eigenvalue weighted by atomic mass is 32.2. The fourth-order valence-corrected chi connectivity index (χ4v) is 3.47. The van der Waals surface area contributed by atoms with Crippen molar-refractivity contribution < 1.29 is 13.3 Å². The fourth-order valence-electron chi connectivity index (χ4n) is 2.15. The lowest BCUT2D eigenvalue weighted by Crippen LogP contribution is -2.43. The van der Waals surface area contributed by atoms with Gasteiger partial charge in [-0.3, -0.25) is 14.4 Å². The summed E-state index contributed by atoms with van der Waals surface area (Å²) in [6.45, 7) is 2.31. The Labute approximate surface area is 111 Å². The molecule has 0 radical (unpaired) electrons. The Hall–Kier alpha value is -1.67. The zero-order valence-corrected chi connectivity index (χ0v) is 11.3. The van der Waals surface area contributed by atoms with Crippen LogP contribution in [0.5, 0.6) is 0 Å². The molecule has 0 saturated carbocycles. The van der Waals surface area contributed by atoms with Gasteiger partial charge >= 0.3 is 10.2 Å². The fraction of sp³-hybridized carbons (Fsp3) is 0.455. The van der Waals surface area contributed by atoms with E-state index < -0.39 is 15.1 Å². The maximum atomic E-state index is 12.1. The van der Waals surface area contributed by atoms with Crippen LogP contribution in [0.15, 0.2) is 18.2 Å². The summed E-state index contributed by atoms with van der Waals surface area (Å²) in [5.41, 5.74) is 1.12. The number of hydrogen-bond donors (Lipinski definition) is 1. The van der Waals surface area contributed by atoms with Crippen molar-refractivity contribution in [2.24, 2.45) is 0 Å². The minimum atomic E-state index is -3.63. The van der Waals surface area contributed by atoms with Gasteiger partial charge in [0.05, 0.1) is 10.6 Å². The molecule has 104 valence electrons. The van der Waals surface area contributed by atoms with E-state index in [0.717, 1.165) is 12.0 Å². The Morgan fingerprint density at radius 2 is 2.21 bits per heavy atom. The second kappa shape index (κ2) is 5.14. The highest BCUT2D eigenvalue weighted by Gasteiger charge is 2.28. The molecule has 0 spiro atoms. The molecular weight excluding hydrogens is 270 g/mol. The van der Waals surface area contributed by atoms with Crippen molar-refractivity contribution in [2.75, 3.05) is 17.4 Å². The third kappa shape index (κ3) is 2.69. The van der Waals surface area contributed by atoms with E-state index >= 15 is 0 Å². The molecule has 0 bridgehead atoms. The minimum absolute atomic E-state index is 0.0997. The van der Waals surface area contributed by atoms with Crippen molar-refractivity contribution in [3.63, 3.8) is 0 Å². The number of anilines is 1. The largest absolute Gasteiger partial charge is 0.301 e. The number of hydrogen-bond acceptors (Lipinski definition) is 4. The molecule has 1 aliphatic heterocycles. The highest BCUT2D eigenvalue weighted by Crippen LogP contribution is 2.32. The van der Waals surface area contributed by atoms with E-state index in [1.165, 1.54) is 16.4 Å². The van der Waals surface area contributed by atoms with Gasteiger partial charge in [0.1, 0.15) is 0 Å². The minimum Gasteiger partial charge on any atom is -0.258 e. The van der Waals surface area contributed by atoms with Crippen molar-refractivity contribution in [1.29, 1.82) is 0 Å². The SMILES string of the molecule is CCNS(=O)(=O)N1CCCc2ccc([N+](=O)[O-])cc21. The number of rotatable bonds is 4. The number of fused-ring (bicyclic) bond motifs is 1. The lowest BCUT2D eigenvalue weighted by molar-refractivity contribution is -0.384. The van der Waals surface area contributed by atoms with E-state index in [-0.39, 0.29) is 12.2 Å². The smallest absolute Gasteiger partial charge is 0.258 e. The number of aryl methyl sites for hydroxylation is 1. The highest BCUT2D eigenvalue weighted by molar-refractivity contribution is 7.90. The molecule has 0 aliphatic carbocycles. The summed E-state index contributed by atoms with van der Waals surface area (Å²) in [6, 6.07) is 4.35. The second-order valence-electron chi connectivity index (χ2n) is 4.25. The summed E-state index contributed by atoms with van der Waals surface area (Å²) in [6.07, 6.45) is 1.43. The predicted octanol–water partition coefficient (Wildman–Crippen LogP) is 1.20. The maximum Gasteiger partial charge on any atom is 0.301 e. The van der Waals surface area contributed by atoms with Crippen molar-refractivity contribution >= 4 is 21.6 Å². The third-order valence-corrected chi connectivity index (χ3v) is 4.59. The van der Waals surface area contributed by atoms with Gasteiger partial charge < -0.3 is 0 Å². The first-order valence-electron chi connectivity index (χ1n) is 6.00. The first kappa shape index (κ1) is 13.8. The van der Waals surface area contributed by atoms with Gasteiger partial charge in [0.2, 0.25) is 0 Å². The second-order valence-corrected chi connectivity index (χ2v) is 5.93. The number of nitrogens with zero attached hydrogens (tertiary/aromatic N) is 2. The Morgan fingerprint density at radius 1 is 1.47 bits per heavy atom. The molecule has 0 saturated heterocycles. The molecule has 1 aliphatic rings. The zero-order chi connectivity index (χ0) is 14.0. The number of nitrogens with one attached hydrogen (secondary N) is 1. The summed E-state index contributed by atoms with van der Waals surface area (Å²) in [7, 11) is -3.63. The Bertz CT molecular complexity index is 600. The summed E-state index contributed by atoms with van der Waals surface area (Å²) >= 11 is 0. The van der Waals surface area contributed by atoms with E-state index in [2.05, 4.69) is 4.72 Å². The van der Waals surface area contributed by atoms with Gasteiger partial charge in [-0.1, -0.05) is 13.0 Å². The molecule has 0 fully saturated rings. The number of nitro groups is 1. The number of benzene rings is 1.